The summed E-state index contributed by atoms with van der Waals surface area (Å²) in [6, 6.07) is 6.68. The molecule has 176 valence electrons. The van der Waals surface area contributed by atoms with Gasteiger partial charge in [0, 0.05) is 30.5 Å². The molecule has 0 spiro atoms. The first-order chi connectivity index (χ1) is 15.8. The minimum atomic E-state index is -0.910. The third kappa shape index (κ3) is 4.25. The van der Waals surface area contributed by atoms with Crippen LogP contribution in [0.2, 0.25) is 0 Å². The van der Waals surface area contributed by atoms with Crippen molar-refractivity contribution in [2.24, 2.45) is 5.92 Å². The second kappa shape index (κ2) is 8.50. The number of rotatable bonds is 4. The second-order valence-electron chi connectivity index (χ2n) is 10.4. The van der Waals surface area contributed by atoms with Crippen LogP contribution in [0, 0.1) is 12.8 Å². The fourth-order valence-corrected chi connectivity index (χ4v) is 5.24. The third-order valence-corrected chi connectivity index (χ3v) is 7.36. The van der Waals surface area contributed by atoms with Crippen molar-refractivity contribution in [1.82, 2.24) is 9.97 Å². The summed E-state index contributed by atoms with van der Waals surface area (Å²) < 4.78 is 5.99. The number of hydrogen-bond acceptors (Lipinski definition) is 6. The first kappa shape index (κ1) is 22.0. The van der Waals surface area contributed by atoms with E-state index < -0.39 is 5.60 Å². The Morgan fingerprint density at radius 3 is 2.55 bits per heavy atom. The number of aryl methyl sites for hydroxylation is 1. The first-order valence-corrected chi connectivity index (χ1v) is 12.3. The van der Waals surface area contributed by atoms with Crippen LogP contribution in [0.15, 0.2) is 24.4 Å². The van der Waals surface area contributed by atoms with Crippen LogP contribution in [-0.2, 0) is 4.79 Å². The van der Waals surface area contributed by atoms with Crippen molar-refractivity contribution in [1.29, 1.82) is 0 Å². The lowest BCUT2D eigenvalue weighted by Crippen LogP contribution is -2.55. The molecule has 0 radical (unpaired) electrons. The molecule has 5 rings (SSSR count). The Bertz CT molecular complexity index is 1040. The Morgan fingerprint density at radius 1 is 1.12 bits per heavy atom. The smallest absolute Gasteiger partial charge is 0.272 e. The average molecular weight is 450 g/mol. The number of carbonyl (C=O) groups is 1. The molecule has 1 aromatic heterocycles. The number of benzene rings is 1. The summed E-state index contributed by atoms with van der Waals surface area (Å²) in [7, 11) is 0. The van der Waals surface area contributed by atoms with E-state index in [1.807, 2.05) is 18.7 Å². The molecule has 2 fully saturated rings. The van der Waals surface area contributed by atoms with E-state index in [0.717, 1.165) is 55.9 Å². The third-order valence-electron chi connectivity index (χ3n) is 7.36. The highest BCUT2D eigenvalue weighted by Crippen LogP contribution is 2.41. The van der Waals surface area contributed by atoms with E-state index in [2.05, 4.69) is 47.2 Å². The fourth-order valence-electron chi connectivity index (χ4n) is 5.24. The molecule has 1 N–H and O–H groups in total. The van der Waals surface area contributed by atoms with E-state index in [-0.39, 0.29) is 11.9 Å². The summed E-state index contributed by atoms with van der Waals surface area (Å²) in [6.07, 6.45) is 8.48. The second-order valence-corrected chi connectivity index (χ2v) is 10.4. The standard InChI is InChI=1S/C26H35N5O2/c1-17-11-13-30(14-12-17)20-9-10-21(18(2)15-20)28-25-27-16-22-23(29-25)31(19-7-5-6-8-19)24(32)26(3,4)33-22/h9-10,15-17,19H,5-8,11-14H2,1-4H3,(H,27,28,29). The number of ether oxygens (including phenoxy) is 1. The van der Waals surface area contributed by atoms with Crippen molar-refractivity contribution in [3.8, 4) is 5.75 Å². The van der Waals surface area contributed by atoms with Crippen molar-refractivity contribution in [2.75, 3.05) is 28.2 Å². The number of hydrogen-bond donors (Lipinski definition) is 1. The highest BCUT2D eigenvalue weighted by Gasteiger charge is 2.45. The molecule has 7 heteroatoms. The van der Waals surface area contributed by atoms with E-state index in [1.165, 1.54) is 18.5 Å². The van der Waals surface area contributed by atoms with Crippen LogP contribution < -0.4 is 19.9 Å². The maximum atomic E-state index is 13.2. The molecular formula is C26H35N5O2. The maximum Gasteiger partial charge on any atom is 0.272 e. The quantitative estimate of drug-likeness (QED) is 0.691. The molecule has 1 saturated heterocycles. The lowest BCUT2D eigenvalue weighted by Gasteiger charge is -2.40. The van der Waals surface area contributed by atoms with Gasteiger partial charge < -0.3 is 15.0 Å². The summed E-state index contributed by atoms with van der Waals surface area (Å²) in [5.74, 6) is 2.43. The molecule has 1 aromatic carbocycles. The van der Waals surface area contributed by atoms with Crippen molar-refractivity contribution in [3.05, 3.63) is 30.0 Å². The van der Waals surface area contributed by atoms with Crippen molar-refractivity contribution < 1.29 is 9.53 Å². The number of nitrogens with one attached hydrogen (secondary N) is 1. The van der Waals surface area contributed by atoms with Gasteiger partial charge in [-0.05, 0) is 76.1 Å². The largest absolute Gasteiger partial charge is 0.472 e. The van der Waals surface area contributed by atoms with E-state index in [4.69, 9.17) is 9.72 Å². The van der Waals surface area contributed by atoms with Gasteiger partial charge in [-0.2, -0.15) is 4.98 Å². The van der Waals surface area contributed by atoms with E-state index in [9.17, 15) is 4.79 Å². The number of piperidine rings is 1. The van der Waals surface area contributed by atoms with Crippen LogP contribution in [0.4, 0.5) is 23.1 Å². The van der Waals surface area contributed by atoms with E-state index >= 15 is 0 Å². The predicted molar refractivity (Wildman–Crippen MR) is 132 cm³/mol. The van der Waals surface area contributed by atoms with Gasteiger partial charge in [-0.3, -0.25) is 9.69 Å². The molecule has 0 bridgehead atoms. The molecule has 0 unspecified atom stereocenters. The number of amides is 1. The summed E-state index contributed by atoms with van der Waals surface area (Å²) >= 11 is 0. The molecular weight excluding hydrogens is 414 g/mol. The first-order valence-electron chi connectivity index (χ1n) is 12.3. The topological polar surface area (TPSA) is 70.6 Å². The number of fused-ring (bicyclic) bond motifs is 1. The molecule has 7 nitrogen and oxygen atoms in total. The Labute approximate surface area is 196 Å². The number of nitrogens with zero attached hydrogens (tertiary/aromatic N) is 4. The van der Waals surface area contributed by atoms with Gasteiger partial charge in [0.15, 0.2) is 17.2 Å². The molecule has 0 atom stereocenters. The van der Waals surface area contributed by atoms with Crippen molar-refractivity contribution in [2.45, 2.75) is 77.9 Å². The minimum absolute atomic E-state index is 0.0251. The molecule has 3 heterocycles. The van der Waals surface area contributed by atoms with Crippen LogP contribution >= 0.6 is 0 Å². The monoisotopic (exact) mass is 449 g/mol. The molecule has 33 heavy (non-hydrogen) atoms. The van der Waals surface area contributed by atoms with E-state index in [1.54, 1.807) is 6.20 Å². The van der Waals surface area contributed by atoms with Gasteiger partial charge in [-0.15, -0.1) is 0 Å². The Morgan fingerprint density at radius 2 is 1.85 bits per heavy atom. The number of aromatic nitrogens is 2. The molecule has 2 aromatic rings. The number of anilines is 4. The fraction of sp³-hybridized carbons (Fsp3) is 0.577. The lowest BCUT2D eigenvalue weighted by atomic mass is 9.98. The molecule has 2 aliphatic heterocycles. The zero-order valence-corrected chi connectivity index (χ0v) is 20.2. The highest BCUT2D eigenvalue weighted by atomic mass is 16.5. The predicted octanol–water partition coefficient (Wildman–Crippen LogP) is 5.21. The van der Waals surface area contributed by atoms with Gasteiger partial charge in [0.1, 0.15) is 0 Å². The normalized spacial score (nSPS) is 21.2. The maximum absolute atomic E-state index is 13.2. The van der Waals surface area contributed by atoms with Gasteiger partial charge in [-0.25, -0.2) is 4.98 Å². The molecule has 1 saturated carbocycles. The molecule has 1 aliphatic carbocycles. The van der Waals surface area contributed by atoms with Gasteiger partial charge >= 0.3 is 0 Å². The van der Waals surface area contributed by atoms with E-state index in [0.29, 0.717) is 17.5 Å². The van der Waals surface area contributed by atoms with Crippen LogP contribution in [-0.4, -0.2) is 40.6 Å². The van der Waals surface area contributed by atoms with Crippen molar-refractivity contribution in [3.63, 3.8) is 0 Å². The van der Waals surface area contributed by atoms with Gasteiger partial charge in [0.05, 0.1) is 6.20 Å². The van der Waals surface area contributed by atoms with Crippen LogP contribution in [0.1, 0.15) is 64.9 Å². The summed E-state index contributed by atoms with van der Waals surface area (Å²) in [6.45, 7) is 10.3. The molecule has 3 aliphatic rings. The van der Waals surface area contributed by atoms with Gasteiger partial charge in [0.25, 0.3) is 5.91 Å². The van der Waals surface area contributed by atoms with Gasteiger partial charge in [-0.1, -0.05) is 19.8 Å². The van der Waals surface area contributed by atoms with Crippen LogP contribution in [0.25, 0.3) is 0 Å². The minimum Gasteiger partial charge on any atom is -0.472 e. The summed E-state index contributed by atoms with van der Waals surface area (Å²) in [5, 5.41) is 3.37. The summed E-state index contributed by atoms with van der Waals surface area (Å²) in [4.78, 5) is 26.8. The zero-order valence-electron chi connectivity index (χ0n) is 20.2. The Kier molecular flexibility index (Phi) is 5.67. The Hall–Kier alpha value is -2.83. The van der Waals surface area contributed by atoms with Crippen LogP contribution in [0.5, 0.6) is 5.75 Å². The Balaban J connectivity index is 1.40. The SMILES string of the molecule is Cc1cc(N2CCC(C)CC2)ccc1Nc1ncc2c(n1)N(C1CCCC1)C(=O)C(C)(C)O2. The van der Waals surface area contributed by atoms with Crippen molar-refractivity contribution >= 4 is 29.0 Å². The van der Waals surface area contributed by atoms with Gasteiger partial charge in [0.2, 0.25) is 5.95 Å². The highest BCUT2D eigenvalue weighted by molar-refractivity contribution is 6.02. The lowest BCUT2D eigenvalue weighted by molar-refractivity contribution is -0.133. The summed E-state index contributed by atoms with van der Waals surface area (Å²) in [5.41, 5.74) is 2.48. The van der Waals surface area contributed by atoms with Crippen LogP contribution in [0.3, 0.4) is 0 Å². The zero-order chi connectivity index (χ0) is 23.2. The number of carbonyl (C=O) groups excluding carboxylic acids is 1. The average Bonchev–Trinajstić information content (AvgIpc) is 3.31. The molecule has 1 amide bonds.